The van der Waals surface area contributed by atoms with E-state index in [0.29, 0.717) is 0 Å². The Morgan fingerprint density at radius 2 is 1.44 bits per heavy atom. The van der Waals surface area contributed by atoms with Gasteiger partial charge >= 0.3 is 0 Å². The van der Waals surface area contributed by atoms with Crippen LogP contribution in [-0.4, -0.2) is 63.6 Å². The molecule has 96 valence electrons. The molecule has 6 heteroatoms. The summed E-state index contributed by atoms with van der Waals surface area (Å²) in [5.74, 6) is 0. The second-order valence-corrected chi connectivity index (χ2v) is 4.41. The van der Waals surface area contributed by atoms with E-state index >= 15 is 0 Å². The van der Waals surface area contributed by atoms with Crippen LogP contribution < -0.4 is 0 Å². The molecule has 0 aromatic rings. The minimum Gasteiger partial charge on any atom is -0.376 e. The maximum Gasteiger partial charge on any atom is 0.186 e. The van der Waals surface area contributed by atoms with Crippen LogP contribution in [0.25, 0.3) is 0 Å². The molecule has 0 saturated carbocycles. The van der Waals surface area contributed by atoms with Crippen LogP contribution in [0.3, 0.4) is 0 Å². The van der Waals surface area contributed by atoms with Gasteiger partial charge in [0.1, 0.15) is 18.3 Å². The van der Waals surface area contributed by atoms with Crippen molar-refractivity contribution < 1.29 is 23.7 Å². The van der Waals surface area contributed by atoms with Crippen molar-refractivity contribution in [3.05, 3.63) is 0 Å². The second-order valence-electron chi connectivity index (χ2n) is 3.53. The zero-order chi connectivity index (χ0) is 12.1. The molecule has 0 radical (unpaired) electrons. The van der Waals surface area contributed by atoms with Crippen molar-refractivity contribution in [2.24, 2.45) is 0 Å². The van der Waals surface area contributed by atoms with Gasteiger partial charge in [-0.15, -0.1) is 0 Å². The van der Waals surface area contributed by atoms with E-state index in [4.69, 9.17) is 23.7 Å². The van der Waals surface area contributed by atoms with E-state index in [0.717, 1.165) is 4.43 Å². The number of hydrogen-bond donors (Lipinski definition) is 0. The van der Waals surface area contributed by atoms with Gasteiger partial charge in [0, 0.05) is 32.9 Å². The summed E-state index contributed by atoms with van der Waals surface area (Å²) in [6.45, 7) is 0. The molecule has 0 aromatic heterocycles. The lowest BCUT2D eigenvalue weighted by atomic mass is 9.99. The van der Waals surface area contributed by atoms with E-state index in [2.05, 4.69) is 22.6 Å². The number of methoxy groups -OCH3 is 4. The third kappa shape index (κ3) is 2.85. The van der Waals surface area contributed by atoms with Gasteiger partial charge in [0.25, 0.3) is 0 Å². The fourth-order valence-electron chi connectivity index (χ4n) is 1.99. The van der Waals surface area contributed by atoms with Crippen LogP contribution in [0, 0.1) is 0 Å². The number of rotatable bonds is 5. The molecule has 5 atom stereocenters. The number of ether oxygens (including phenoxy) is 5. The summed E-state index contributed by atoms with van der Waals surface area (Å²) in [5.41, 5.74) is 0. The number of halogens is 1. The zero-order valence-corrected chi connectivity index (χ0v) is 12.2. The lowest BCUT2D eigenvalue weighted by molar-refractivity contribution is -0.297. The van der Waals surface area contributed by atoms with Gasteiger partial charge in [-0.05, 0) is 0 Å². The topological polar surface area (TPSA) is 46.2 Å². The first kappa shape index (κ1) is 14.6. The van der Waals surface area contributed by atoms with Crippen molar-refractivity contribution >= 4 is 22.6 Å². The van der Waals surface area contributed by atoms with Crippen molar-refractivity contribution in [3.63, 3.8) is 0 Å². The molecule has 0 bridgehead atoms. The van der Waals surface area contributed by atoms with Gasteiger partial charge in [0.2, 0.25) is 0 Å². The first-order chi connectivity index (χ1) is 7.73. The molecule has 0 aromatic carbocycles. The van der Waals surface area contributed by atoms with E-state index < -0.39 is 6.29 Å². The highest BCUT2D eigenvalue weighted by molar-refractivity contribution is 14.1. The van der Waals surface area contributed by atoms with Crippen molar-refractivity contribution in [2.75, 3.05) is 32.9 Å². The second kappa shape index (κ2) is 7.07. The zero-order valence-electron chi connectivity index (χ0n) is 10.0. The summed E-state index contributed by atoms with van der Waals surface area (Å²) < 4.78 is 28.1. The minimum absolute atomic E-state index is 0.0492. The monoisotopic (exact) mass is 346 g/mol. The lowest BCUT2D eigenvalue weighted by Crippen LogP contribution is -2.60. The Morgan fingerprint density at radius 3 is 1.81 bits per heavy atom. The quantitative estimate of drug-likeness (QED) is 0.545. The van der Waals surface area contributed by atoms with Crippen LogP contribution in [0.15, 0.2) is 0 Å². The van der Waals surface area contributed by atoms with Crippen LogP contribution in [-0.2, 0) is 23.7 Å². The molecule has 5 nitrogen and oxygen atoms in total. The van der Waals surface area contributed by atoms with Gasteiger partial charge in [0.05, 0.1) is 6.10 Å². The average molecular weight is 346 g/mol. The smallest absolute Gasteiger partial charge is 0.186 e. The Labute approximate surface area is 110 Å². The standard InChI is InChI=1S/C10H19IO5/c1-12-7-6(5-11)16-10(15-4)9(14-3)8(7)13-2/h6-10H,5H2,1-4H3/t6-,7-,8-,9-,10+/m1/s1. The van der Waals surface area contributed by atoms with Crippen LogP contribution >= 0.6 is 22.6 Å². The molecule has 1 saturated heterocycles. The normalized spacial score (nSPS) is 39.9. The van der Waals surface area contributed by atoms with Crippen molar-refractivity contribution in [2.45, 2.75) is 30.7 Å². The summed E-state index contributed by atoms with van der Waals surface area (Å²) in [7, 11) is 6.51. The van der Waals surface area contributed by atoms with E-state index in [9.17, 15) is 0 Å². The largest absolute Gasteiger partial charge is 0.376 e. The highest BCUT2D eigenvalue weighted by Crippen LogP contribution is 2.28. The Balaban J connectivity index is 2.85. The summed E-state index contributed by atoms with van der Waals surface area (Å²) >= 11 is 2.26. The van der Waals surface area contributed by atoms with Crippen LogP contribution in [0.5, 0.6) is 0 Å². The molecule has 1 heterocycles. The third-order valence-corrected chi connectivity index (χ3v) is 3.66. The Kier molecular flexibility index (Phi) is 6.45. The van der Waals surface area contributed by atoms with E-state index in [1.807, 2.05) is 0 Å². The van der Waals surface area contributed by atoms with Crippen LogP contribution in [0.2, 0.25) is 0 Å². The molecule has 1 aliphatic heterocycles. The molecule has 1 fully saturated rings. The Bertz CT molecular complexity index is 186. The first-order valence-corrected chi connectivity index (χ1v) is 6.58. The molecule has 16 heavy (non-hydrogen) atoms. The fraction of sp³-hybridized carbons (Fsp3) is 1.00. The van der Waals surface area contributed by atoms with Gasteiger partial charge < -0.3 is 23.7 Å². The summed E-state index contributed by atoms with van der Waals surface area (Å²) in [6, 6.07) is 0. The van der Waals surface area contributed by atoms with E-state index in [-0.39, 0.29) is 24.4 Å². The summed E-state index contributed by atoms with van der Waals surface area (Å²) in [5, 5.41) is 0. The van der Waals surface area contributed by atoms with Crippen LogP contribution in [0.4, 0.5) is 0 Å². The molecule has 0 amide bonds. The molecular formula is C10H19IO5. The maximum absolute atomic E-state index is 5.76. The van der Waals surface area contributed by atoms with E-state index in [1.165, 1.54) is 0 Å². The molecule has 0 N–H and O–H groups in total. The lowest BCUT2D eigenvalue weighted by Gasteiger charge is -2.43. The van der Waals surface area contributed by atoms with Gasteiger partial charge in [-0.3, -0.25) is 0 Å². The van der Waals surface area contributed by atoms with Crippen LogP contribution in [0.1, 0.15) is 0 Å². The predicted octanol–water partition coefficient (Wildman–Crippen LogP) is 0.838. The molecule has 1 aliphatic rings. The van der Waals surface area contributed by atoms with Crippen molar-refractivity contribution in [3.8, 4) is 0 Å². The Morgan fingerprint density at radius 1 is 0.875 bits per heavy atom. The highest BCUT2D eigenvalue weighted by atomic mass is 127. The van der Waals surface area contributed by atoms with E-state index in [1.54, 1.807) is 28.4 Å². The molecule has 0 unspecified atom stereocenters. The predicted molar refractivity (Wildman–Crippen MR) is 66.9 cm³/mol. The summed E-state index contributed by atoms with van der Waals surface area (Å²) in [4.78, 5) is 0. The van der Waals surface area contributed by atoms with Gasteiger partial charge in [-0.25, -0.2) is 0 Å². The molecule has 1 rings (SSSR count). The molecular weight excluding hydrogens is 327 g/mol. The molecule has 0 spiro atoms. The summed E-state index contributed by atoms with van der Waals surface area (Å²) in [6.07, 6.45) is -1.07. The molecule has 0 aliphatic carbocycles. The van der Waals surface area contributed by atoms with Gasteiger partial charge in [0.15, 0.2) is 6.29 Å². The van der Waals surface area contributed by atoms with Crippen molar-refractivity contribution in [1.82, 2.24) is 0 Å². The minimum atomic E-state index is -0.416. The number of alkyl halides is 1. The van der Waals surface area contributed by atoms with Gasteiger partial charge in [-0.2, -0.15) is 0 Å². The van der Waals surface area contributed by atoms with Crippen molar-refractivity contribution in [1.29, 1.82) is 0 Å². The third-order valence-electron chi connectivity index (χ3n) is 2.79. The first-order valence-electron chi connectivity index (χ1n) is 5.06. The fourth-order valence-corrected chi connectivity index (χ4v) is 2.70. The maximum atomic E-state index is 5.76. The van der Waals surface area contributed by atoms with Gasteiger partial charge in [-0.1, -0.05) is 22.6 Å². The SMILES string of the molecule is CO[C@H]1O[C@H](CI)[C@@H](OC)[C@@H](OC)[C@H]1OC. The number of hydrogen-bond acceptors (Lipinski definition) is 5. The Hall–Kier alpha value is 0.530. The highest BCUT2D eigenvalue weighted by Gasteiger charge is 2.46. The average Bonchev–Trinajstić information content (AvgIpc) is 2.35.